The van der Waals surface area contributed by atoms with Crippen LogP contribution in [0.15, 0.2) is 165 Å². The minimum Gasteiger partial charge on any atom is -0.289 e. The van der Waals surface area contributed by atoms with Gasteiger partial charge >= 0.3 is 19.5 Å². The molecule has 3 aromatic carbocycles. The minimum absolute atomic E-state index is 0. The molecular weight excluding hydrogens is 623 g/mol. The SMILES string of the molecule is O=C(c1ccccc1)c1ccncc1.O=C(c1ccccc1)c1ccncc1.O=C(c1ccccc1)c1ccncc1.[Ru+3]. The Kier molecular flexibility index (Phi) is 13.2. The molecule has 0 aliphatic rings. The van der Waals surface area contributed by atoms with E-state index in [1.54, 1.807) is 73.6 Å². The van der Waals surface area contributed by atoms with Gasteiger partial charge in [-0.1, -0.05) is 91.0 Å². The van der Waals surface area contributed by atoms with Crippen LogP contribution >= 0.6 is 0 Å². The van der Waals surface area contributed by atoms with E-state index in [0.29, 0.717) is 33.4 Å². The Bertz CT molecular complexity index is 1360. The Morgan fingerprint density at radius 1 is 0.302 bits per heavy atom. The van der Waals surface area contributed by atoms with Gasteiger partial charge < -0.3 is 0 Å². The van der Waals surface area contributed by atoms with E-state index in [9.17, 15) is 14.4 Å². The summed E-state index contributed by atoms with van der Waals surface area (Å²) in [6.07, 6.45) is 9.73. The van der Waals surface area contributed by atoms with Crippen molar-refractivity contribution in [2.45, 2.75) is 0 Å². The molecule has 6 rings (SSSR count). The van der Waals surface area contributed by atoms with E-state index in [0.717, 1.165) is 0 Å². The van der Waals surface area contributed by atoms with Crippen molar-refractivity contribution in [2.24, 2.45) is 0 Å². The first-order chi connectivity index (χ1) is 20.6. The van der Waals surface area contributed by atoms with Gasteiger partial charge in [0.05, 0.1) is 0 Å². The smallest absolute Gasteiger partial charge is 0.289 e. The molecule has 0 fully saturated rings. The summed E-state index contributed by atoms with van der Waals surface area (Å²) in [5, 5.41) is 0. The molecule has 0 aliphatic carbocycles. The van der Waals surface area contributed by atoms with Crippen molar-refractivity contribution in [1.29, 1.82) is 0 Å². The van der Waals surface area contributed by atoms with Gasteiger partial charge in [0.15, 0.2) is 17.3 Å². The van der Waals surface area contributed by atoms with E-state index >= 15 is 0 Å². The Morgan fingerprint density at radius 2 is 0.488 bits per heavy atom. The van der Waals surface area contributed by atoms with E-state index in [-0.39, 0.29) is 36.8 Å². The maximum absolute atomic E-state index is 11.8. The Labute approximate surface area is 263 Å². The van der Waals surface area contributed by atoms with Crippen molar-refractivity contribution in [3.63, 3.8) is 0 Å². The van der Waals surface area contributed by atoms with E-state index < -0.39 is 0 Å². The standard InChI is InChI=1S/3C12H9NO.Ru/c3*14-12(10-4-2-1-3-5-10)11-6-8-13-9-7-11;/h3*1-9H;/q;;;+3. The molecule has 6 aromatic rings. The van der Waals surface area contributed by atoms with Crippen LogP contribution in [0.2, 0.25) is 0 Å². The number of aromatic nitrogens is 3. The third kappa shape index (κ3) is 9.96. The average Bonchev–Trinajstić information content (AvgIpc) is 3.10. The van der Waals surface area contributed by atoms with E-state index in [2.05, 4.69) is 15.0 Å². The zero-order chi connectivity index (χ0) is 29.4. The Balaban J connectivity index is 0.000000175. The predicted molar refractivity (Wildman–Crippen MR) is 162 cm³/mol. The fraction of sp³-hybridized carbons (Fsp3) is 0. The molecule has 43 heavy (non-hydrogen) atoms. The van der Waals surface area contributed by atoms with E-state index in [1.807, 2.05) is 91.0 Å². The van der Waals surface area contributed by atoms with Gasteiger partial charge in [-0.2, -0.15) is 0 Å². The first-order valence-corrected chi connectivity index (χ1v) is 13.1. The fourth-order valence-electron chi connectivity index (χ4n) is 3.78. The first-order valence-electron chi connectivity index (χ1n) is 13.1. The number of hydrogen-bond acceptors (Lipinski definition) is 6. The van der Waals surface area contributed by atoms with Crippen molar-refractivity contribution in [1.82, 2.24) is 15.0 Å². The van der Waals surface area contributed by atoms with Gasteiger partial charge in [-0.05, 0) is 36.4 Å². The summed E-state index contributed by atoms with van der Waals surface area (Å²) in [4.78, 5) is 47.1. The summed E-state index contributed by atoms with van der Waals surface area (Å²) in [6.45, 7) is 0. The zero-order valence-corrected chi connectivity index (χ0v) is 24.7. The second kappa shape index (κ2) is 17.5. The topological polar surface area (TPSA) is 89.9 Å². The van der Waals surface area contributed by atoms with Crippen LogP contribution in [0, 0.1) is 0 Å². The summed E-state index contributed by atoms with van der Waals surface area (Å²) in [5.74, 6) is 0.106. The van der Waals surface area contributed by atoms with Crippen LogP contribution < -0.4 is 0 Å². The maximum atomic E-state index is 11.8. The molecule has 6 nitrogen and oxygen atoms in total. The molecule has 1 radical (unpaired) electrons. The van der Waals surface area contributed by atoms with Crippen LogP contribution in [0.25, 0.3) is 0 Å². The Hall–Kier alpha value is -5.26. The van der Waals surface area contributed by atoms with Crippen LogP contribution in [-0.4, -0.2) is 32.3 Å². The third-order valence-electron chi connectivity index (χ3n) is 5.94. The number of pyridine rings is 3. The molecule has 0 spiro atoms. The molecule has 0 N–H and O–H groups in total. The molecule has 3 aromatic heterocycles. The molecular formula is C36H27N3O3Ru+3. The van der Waals surface area contributed by atoms with Crippen molar-refractivity contribution in [2.75, 3.05) is 0 Å². The largest absolute Gasteiger partial charge is 3.00 e. The molecule has 7 heteroatoms. The molecule has 209 valence electrons. The van der Waals surface area contributed by atoms with E-state index in [1.165, 1.54) is 0 Å². The predicted octanol–water partition coefficient (Wildman–Crippen LogP) is 6.94. The van der Waals surface area contributed by atoms with Crippen LogP contribution in [0.5, 0.6) is 0 Å². The summed E-state index contributed by atoms with van der Waals surface area (Å²) in [5.41, 5.74) is 4.14. The number of nitrogens with zero attached hydrogens (tertiary/aromatic N) is 3. The van der Waals surface area contributed by atoms with Gasteiger partial charge in [0.1, 0.15) is 0 Å². The zero-order valence-electron chi connectivity index (χ0n) is 23.0. The molecule has 0 saturated heterocycles. The summed E-state index contributed by atoms with van der Waals surface area (Å²) in [7, 11) is 0. The minimum atomic E-state index is 0. The van der Waals surface area contributed by atoms with Gasteiger partial charge in [0.25, 0.3) is 0 Å². The number of benzene rings is 3. The second-order valence-corrected chi connectivity index (χ2v) is 8.79. The normalized spacial score (nSPS) is 9.49. The van der Waals surface area contributed by atoms with Gasteiger partial charge in [0.2, 0.25) is 0 Å². The van der Waals surface area contributed by atoms with Crippen LogP contribution in [0.3, 0.4) is 0 Å². The second-order valence-electron chi connectivity index (χ2n) is 8.79. The number of hydrogen-bond donors (Lipinski definition) is 0. The average molecular weight is 651 g/mol. The number of ketones is 3. The van der Waals surface area contributed by atoms with Crippen LogP contribution in [0.4, 0.5) is 0 Å². The van der Waals surface area contributed by atoms with Crippen molar-refractivity contribution < 1.29 is 33.9 Å². The maximum Gasteiger partial charge on any atom is 3.00 e. The molecule has 0 aliphatic heterocycles. The molecule has 0 bridgehead atoms. The molecule has 0 unspecified atom stereocenters. The number of carbonyl (C=O) groups excluding carboxylic acids is 3. The van der Waals surface area contributed by atoms with Crippen LogP contribution in [0.1, 0.15) is 47.8 Å². The van der Waals surface area contributed by atoms with Crippen LogP contribution in [-0.2, 0) is 19.5 Å². The summed E-state index contributed by atoms with van der Waals surface area (Å²) >= 11 is 0. The van der Waals surface area contributed by atoms with Gasteiger partial charge in [-0.3, -0.25) is 29.3 Å². The van der Waals surface area contributed by atoms with Gasteiger partial charge in [-0.25, -0.2) is 0 Å². The quantitative estimate of drug-likeness (QED) is 0.143. The molecule has 3 heterocycles. The van der Waals surface area contributed by atoms with Crippen molar-refractivity contribution >= 4 is 17.3 Å². The van der Waals surface area contributed by atoms with Crippen molar-refractivity contribution in [3.8, 4) is 0 Å². The van der Waals surface area contributed by atoms with Gasteiger partial charge in [0, 0.05) is 70.6 Å². The monoisotopic (exact) mass is 651 g/mol. The Morgan fingerprint density at radius 3 is 0.698 bits per heavy atom. The number of carbonyl (C=O) groups is 3. The van der Waals surface area contributed by atoms with E-state index in [4.69, 9.17) is 0 Å². The molecule has 0 atom stereocenters. The van der Waals surface area contributed by atoms with Crippen molar-refractivity contribution in [3.05, 3.63) is 198 Å². The molecule has 0 saturated carbocycles. The van der Waals surface area contributed by atoms with Gasteiger partial charge in [-0.15, -0.1) is 0 Å². The third-order valence-corrected chi connectivity index (χ3v) is 5.94. The summed E-state index contributed by atoms with van der Waals surface area (Å²) in [6, 6.07) is 38.0. The molecule has 0 amide bonds. The number of rotatable bonds is 6. The first kappa shape index (κ1) is 32.3. The fourth-order valence-corrected chi connectivity index (χ4v) is 3.78. The summed E-state index contributed by atoms with van der Waals surface area (Å²) < 4.78 is 0.